The molecule has 210 valence electrons. The Morgan fingerprint density at radius 1 is 0.816 bits per heavy atom. The summed E-state index contributed by atoms with van der Waals surface area (Å²) in [5, 5.41) is 12.7. The van der Waals surface area contributed by atoms with E-state index in [1.165, 1.54) is 0 Å². The lowest BCUT2D eigenvalue weighted by Crippen LogP contribution is -2.48. The Morgan fingerprint density at radius 2 is 1.47 bits per heavy atom. The number of nitrogens with one attached hydrogen (secondary N) is 4. The minimum atomic E-state index is -0.608. The molecule has 0 saturated carbocycles. The van der Waals surface area contributed by atoms with Crippen molar-refractivity contribution in [2.24, 2.45) is 5.73 Å². The maximum absolute atomic E-state index is 12.9. The van der Waals surface area contributed by atoms with Crippen molar-refractivity contribution in [3.05, 3.63) is 65.7 Å². The van der Waals surface area contributed by atoms with Crippen LogP contribution in [0, 0.1) is 0 Å². The van der Waals surface area contributed by atoms with Gasteiger partial charge in [-0.2, -0.15) is 0 Å². The monoisotopic (exact) mass is 525 g/mol. The third-order valence-electron chi connectivity index (χ3n) is 6.08. The molecule has 0 radical (unpaired) electrons. The average Bonchev–Trinajstić information content (AvgIpc) is 2.93. The molecule has 8 nitrogen and oxygen atoms in total. The van der Waals surface area contributed by atoms with Crippen LogP contribution < -0.4 is 31.7 Å². The Morgan fingerprint density at radius 3 is 2.13 bits per heavy atom. The van der Waals surface area contributed by atoms with E-state index in [2.05, 4.69) is 21.3 Å². The standard InChI is InChI=1S/C30H47N5O3/c1-2-10-29(36)35-28(30(37)34-22-9-21-33-20-8-19-32-18-7-6-17-31)23-25-13-15-27(16-14-25)38-24-26-11-4-3-5-12-26/h3-5,11-16,28,32-33H,2,6-10,17-24,31H2,1H3,(H,34,37)(H,35,36)/t28-/m1/s1. The molecular weight excluding hydrogens is 478 g/mol. The molecule has 0 fully saturated rings. The summed E-state index contributed by atoms with van der Waals surface area (Å²) < 4.78 is 5.86. The van der Waals surface area contributed by atoms with Gasteiger partial charge in [-0.1, -0.05) is 49.4 Å². The fourth-order valence-electron chi connectivity index (χ4n) is 3.93. The SMILES string of the molecule is CCCC(=O)N[C@H](Cc1ccc(OCc2ccccc2)cc1)C(=O)NCCCNCCCNCCCCN. The van der Waals surface area contributed by atoms with E-state index in [9.17, 15) is 9.59 Å². The maximum atomic E-state index is 12.9. The minimum absolute atomic E-state index is 0.103. The van der Waals surface area contributed by atoms with Crippen LogP contribution in [0.2, 0.25) is 0 Å². The van der Waals surface area contributed by atoms with Crippen molar-refractivity contribution in [2.75, 3.05) is 39.3 Å². The largest absolute Gasteiger partial charge is 0.489 e. The number of benzene rings is 2. The molecule has 0 aromatic heterocycles. The van der Waals surface area contributed by atoms with E-state index in [-0.39, 0.29) is 11.8 Å². The molecule has 2 amide bonds. The third kappa shape index (κ3) is 14.1. The van der Waals surface area contributed by atoms with Crippen LogP contribution >= 0.6 is 0 Å². The molecule has 0 bridgehead atoms. The number of carbonyl (C=O) groups is 2. The third-order valence-corrected chi connectivity index (χ3v) is 6.08. The van der Waals surface area contributed by atoms with Crippen molar-refractivity contribution in [2.45, 2.75) is 64.5 Å². The molecule has 2 aromatic carbocycles. The molecule has 2 rings (SSSR count). The molecule has 38 heavy (non-hydrogen) atoms. The highest BCUT2D eigenvalue weighted by Gasteiger charge is 2.20. The normalized spacial score (nSPS) is 11.6. The van der Waals surface area contributed by atoms with Crippen molar-refractivity contribution >= 4 is 11.8 Å². The first-order chi connectivity index (χ1) is 18.6. The summed E-state index contributed by atoms with van der Waals surface area (Å²) in [5.41, 5.74) is 7.56. The maximum Gasteiger partial charge on any atom is 0.242 e. The first-order valence-electron chi connectivity index (χ1n) is 14.1. The van der Waals surface area contributed by atoms with Gasteiger partial charge in [0, 0.05) is 19.4 Å². The highest BCUT2D eigenvalue weighted by atomic mass is 16.5. The van der Waals surface area contributed by atoms with Crippen LogP contribution in [0.3, 0.4) is 0 Å². The summed E-state index contributed by atoms with van der Waals surface area (Å²) in [7, 11) is 0. The summed E-state index contributed by atoms with van der Waals surface area (Å²) in [4.78, 5) is 25.2. The Labute approximate surface area is 228 Å². The molecule has 0 saturated heterocycles. The van der Waals surface area contributed by atoms with Crippen molar-refractivity contribution < 1.29 is 14.3 Å². The second-order valence-corrected chi connectivity index (χ2v) is 9.49. The molecule has 6 N–H and O–H groups in total. The van der Waals surface area contributed by atoms with Gasteiger partial charge in [0.05, 0.1) is 0 Å². The molecule has 0 aliphatic carbocycles. The van der Waals surface area contributed by atoms with Gasteiger partial charge in [0.2, 0.25) is 11.8 Å². The minimum Gasteiger partial charge on any atom is -0.489 e. The van der Waals surface area contributed by atoms with E-state index < -0.39 is 6.04 Å². The predicted molar refractivity (Wildman–Crippen MR) is 154 cm³/mol. The molecule has 1 atom stereocenters. The van der Waals surface area contributed by atoms with Crippen LogP contribution in [0.5, 0.6) is 5.75 Å². The summed E-state index contributed by atoms with van der Waals surface area (Å²) in [6.45, 7) is 7.56. The van der Waals surface area contributed by atoms with Gasteiger partial charge in [-0.3, -0.25) is 9.59 Å². The van der Waals surface area contributed by atoms with E-state index in [4.69, 9.17) is 10.5 Å². The van der Waals surface area contributed by atoms with E-state index in [0.29, 0.717) is 26.0 Å². The highest BCUT2D eigenvalue weighted by Crippen LogP contribution is 2.15. The fraction of sp³-hybridized carbons (Fsp3) is 0.533. The smallest absolute Gasteiger partial charge is 0.242 e. The summed E-state index contributed by atoms with van der Waals surface area (Å²) in [6.07, 6.45) is 5.66. The first-order valence-corrected chi connectivity index (χ1v) is 14.1. The highest BCUT2D eigenvalue weighted by molar-refractivity contribution is 5.87. The predicted octanol–water partition coefficient (Wildman–Crippen LogP) is 2.91. The molecule has 8 heteroatoms. The molecule has 0 heterocycles. The van der Waals surface area contributed by atoms with Gasteiger partial charge < -0.3 is 31.7 Å². The van der Waals surface area contributed by atoms with Crippen LogP contribution in [-0.2, 0) is 22.6 Å². The Balaban J connectivity index is 1.71. The van der Waals surface area contributed by atoms with Crippen LogP contribution in [-0.4, -0.2) is 57.1 Å². The van der Waals surface area contributed by atoms with Crippen LogP contribution in [0.15, 0.2) is 54.6 Å². The van der Waals surface area contributed by atoms with Crippen molar-refractivity contribution in [1.29, 1.82) is 0 Å². The quantitative estimate of drug-likeness (QED) is 0.160. The van der Waals surface area contributed by atoms with E-state index in [1.54, 1.807) is 0 Å². The topological polar surface area (TPSA) is 118 Å². The summed E-state index contributed by atoms with van der Waals surface area (Å²) in [5.74, 6) is 0.512. The van der Waals surface area contributed by atoms with Gasteiger partial charge >= 0.3 is 0 Å². The Bertz CT molecular complexity index is 893. The van der Waals surface area contributed by atoms with Crippen LogP contribution in [0.1, 0.15) is 56.6 Å². The molecule has 2 aromatic rings. The summed E-state index contributed by atoms with van der Waals surface area (Å²) in [6, 6.07) is 17.1. The molecule has 0 aliphatic rings. The second kappa shape index (κ2) is 20.1. The van der Waals surface area contributed by atoms with Crippen molar-refractivity contribution in [3.8, 4) is 5.75 Å². The van der Waals surface area contributed by atoms with Crippen molar-refractivity contribution in [3.63, 3.8) is 0 Å². The molecular formula is C30H47N5O3. The first kappa shape index (κ1) is 31.3. The Kier molecular flexibility index (Phi) is 16.5. The van der Waals surface area contributed by atoms with E-state index in [1.807, 2.05) is 61.5 Å². The number of ether oxygens (including phenoxy) is 1. The zero-order valence-electron chi connectivity index (χ0n) is 23.0. The van der Waals surface area contributed by atoms with Gasteiger partial charge in [-0.15, -0.1) is 0 Å². The van der Waals surface area contributed by atoms with Gasteiger partial charge in [-0.25, -0.2) is 0 Å². The number of hydrogen-bond donors (Lipinski definition) is 5. The molecule has 0 unspecified atom stereocenters. The molecule has 0 aliphatic heterocycles. The van der Waals surface area contributed by atoms with Crippen molar-refractivity contribution in [1.82, 2.24) is 21.3 Å². The zero-order chi connectivity index (χ0) is 27.3. The number of amides is 2. The Hall–Kier alpha value is -2.94. The van der Waals surface area contributed by atoms with Gasteiger partial charge in [-0.05, 0) is 88.1 Å². The fourth-order valence-corrected chi connectivity index (χ4v) is 3.93. The average molecular weight is 526 g/mol. The van der Waals surface area contributed by atoms with Crippen LogP contribution in [0.4, 0.5) is 0 Å². The van der Waals surface area contributed by atoms with Crippen LogP contribution in [0.25, 0.3) is 0 Å². The lowest BCUT2D eigenvalue weighted by Gasteiger charge is -2.19. The van der Waals surface area contributed by atoms with Gasteiger partial charge in [0.1, 0.15) is 18.4 Å². The number of hydrogen-bond acceptors (Lipinski definition) is 6. The second-order valence-electron chi connectivity index (χ2n) is 9.49. The van der Waals surface area contributed by atoms with Gasteiger partial charge in [0.15, 0.2) is 0 Å². The number of carbonyl (C=O) groups excluding carboxylic acids is 2. The number of nitrogens with two attached hydrogens (primary N) is 1. The lowest BCUT2D eigenvalue weighted by atomic mass is 10.0. The van der Waals surface area contributed by atoms with E-state index >= 15 is 0 Å². The molecule has 0 spiro atoms. The zero-order valence-corrected chi connectivity index (χ0v) is 23.0. The summed E-state index contributed by atoms with van der Waals surface area (Å²) >= 11 is 0. The number of unbranched alkanes of at least 4 members (excludes halogenated alkanes) is 1. The number of rotatable bonds is 21. The van der Waals surface area contributed by atoms with Gasteiger partial charge in [0.25, 0.3) is 0 Å². The lowest BCUT2D eigenvalue weighted by molar-refractivity contribution is -0.129. The van der Waals surface area contributed by atoms with E-state index in [0.717, 1.165) is 81.7 Å².